The number of hydrogen-bond donors (Lipinski definition) is 2. The van der Waals surface area contributed by atoms with Crippen LogP contribution in [0.25, 0.3) is 0 Å². The van der Waals surface area contributed by atoms with E-state index >= 15 is 0 Å². The molecular formula is C15H23IN4S2. The summed E-state index contributed by atoms with van der Waals surface area (Å²) in [5.74, 6) is 1.33. The van der Waals surface area contributed by atoms with Crippen molar-refractivity contribution >= 4 is 52.6 Å². The molecule has 0 aromatic carbocycles. The molecule has 0 fully saturated rings. The molecule has 2 heterocycles. The fourth-order valence-electron chi connectivity index (χ4n) is 1.95. The third kappa shape index (κ3) is 6.21. The molecule has 1 atom stereocenters. The molecule has 2 aromatic rings. The number of aromatic nitrogens is 1. The summed E-state index contributed by atoms with van der Waals surface area (Å²) in [4.78, 5) is 9.88. The Morgan fingerprint density at radius 2 is 2.23 bits per heavy atom. The lowest BCUT2D eigenvalue weighted by atomic mass is 10.1. The average molecular weight is 450 g/mol. The second-order valence-electron chi connectivity index (χ2n) is 4.95. The van der Waals surface area contributed by atoms with Crippen molar-refractivity contribution in [3.8, 4) is 0 Å². The third-order valence-electron chi connectivity index (χ3n) is 3.21. The Labute approximate surface area is 157 Å². The number of nitrogens with one attached hydrogen (secondary N) is 2. The van der Waals surface area contributed by atoms with Crippen molar-refractivity contribution < 1.29 is 0 Å². The molecule has 0 aliphatic heterocycles. The summed E-state index contributed by atoms with van der Waals surface area (Å²) in [5.41, 5.74) is 1.38. The van der Waals surface area contributed by atoms with Gasteiger partial charge in [-0.05, 0) is 35.2 Å². The number of guanidine groups is 1. The second kappa shape index (κ2) is 10.2. The summed E-state index contributed by atoms with van der Waals surface area (Å²) >= 11 is 3.50. The molecule has 0 saturated carbocycles. The second-order valence-corrected chi connectivity index (χ2v) is 7.05. The van der Waals surface area contributed by atoms with Gasteiger partial charge in [0.2, 0.25) is 0 Å². The maximum Gasteiger partial charge on any atom is 0.191 e. The minimum atomic E-state index is 0. The molecule has 4 nitrogen and oxygen atoms in total. The molecule has 7 heteroatoms. The third-order valence-corrected chi connectivity index (χ3v) is 4.89. The van der Waals surface area contributed by atoms with Gasteiger partial charge in [0.05, 0.1) is 5.01 Å². The van der Waals surface area contributed by atoms with E-state index in [1.807, 2.05) is 6.20 Å². The lowest BCUT2D eigenvalue weighted by Gasteiger charge is -2.15. The first-order chi connectivity index (χ1) is 10.2. The zero-order valence-corrected chi connectivity index (χ0v) is 17.1. The molecule has 2 aromatic heterocycles. The Morgan fingerprint density at radius 1 is 1.41 bits per heavy atom. The van der Waals surface area contributed by atoms with Crippen LogP contribution in [0, 0.1) is 6.92 Å². The van der Waals surface area contributed by atoms with E-state index in [-0.39, 0.29) is 24.0 Å². The van der Waals surface area contributed by atoms with Crippen LogP contribution in [-0.2, 0) is 6.42 Å². The molecule has 0 radical (unpaired) electrons. The van der Waals surface area contributed by atoms with Crippen LogP contribution < -0.4 is 10.6 Å². The fraction of sp³-hybridized carbons (Fsp3) is 0.467. The quantitative estimate of drug-likeness (QED) is 0.402. The molecule has 2 N–H and O–H groups in total. The summed E-state index contributed by atoms with van der Waals surface area (Å²) in [7, 11) is 1.80. The zero-order chi connectivity index (χ0) is 15.1. The van der Waals surface area contributed by atoms with Gasteiger partial charge in [-0.3, -0.25) is 4.99 Å². The zero-order valence-electron chi connectivity index (χ0n) is 13.1. The number of halogens is 1. The first-order valence-electron chi connectivity index (χ1n) is 7.07. The summed E-state index contributed by atoms with van der Waals surface area (Å²) in [6.45, 7) is 6.04. The molecule has 0 aliphatic carbocycles. The van der Waals surface area contributed by atoms with Gasteiger partial charge in [0.1, 0.15) is 0 Å². The van der Waals surface area contributed by atoms with Crippen LogP contribution in [0.3, 0.4) is 0 Å². The highest BCUT2D eigenvalue weighted by atomic mass is 127. The molecule has 0 bridgehead atoms. The maximum absolute atomic E-state index is 4.37. The summed E-state index contributed by atoms with van der Waals surface area (Å²) in [6, 6.07) is 2.18. The van der Waals surface area contributed by atoms with Crippen molar-refractivity contribution in [3.05, 3.63) is 38.5 Å². The first kappa shape index (κ1) is 19.4. The van der Waals surface area contributed by atoms with Gasteiger partial charge >= 0.3 is 0 Å². The molecule has 0 spiro atoms. The molecule has 22 heavy (non-hydrogen) atoms. The van der Waals surface area contributed by atoms with Gasteiger partial charge in [-0.25, -0.2) is 4.98 Å². The Hall–Kier alpha value is -0.670. The molecule has 1 unspecified atom stereocenters. The van der Waals surface area contributed by atoms with E-state index < -0.39 is 0 Å². The number of thiazole rings is 1. The van der Waals surface area contributed by atoms with Crippen LogP contribution in [0.2, 0.25) is 0 Å². The van der Waals surface area contributed by atoms with E-state index in [9.17, 15) is 0 Å². The van der Waals surface area contributed by atoms with Crippen LogP contribution >= 0.6 is 46.7 Å². The van der Waals surface area contributed by atoms with E-state index in [0.29, 0.717) is 5.92 Å². The van der Waals surface area contributed by atoms with Gasteiger partial charge in [0, 0.05) is 37.6 Å². The van der Waals surface area contributed by atoms with E-state index in [1.165, 1.54) is 15.4 Å². The smallest absolute Gasteiger partial charge is 0.191 e. The molecule has 2 rings (SSSR count). The highest BCUT2D eigenvalue weighted by Gasteiger charge is 2.07. The van der Waals surface area contributed by atoms with Gasteiger partial charge < -0.3 is 10.6 Å². The van der Waals surface area contributed by atoms with Gasteiger partial charge in [-0.1, -0.05) is 6.92 Å². The highest BCUT2D eigenvalue weighted by molar-refractivity contribution is 14.0. The van der Waals surface area contributed by atoms with Crippen molar-refractivity contribution in [2.75, 3.05) is 20.1 Å². The SMILES string of the molecule is CN=C(NCCc1ncc(C)s1)NCC(C)c1ccsc1.I. The van der Waals surface area contributed by atoms with Crippen molar-refractivity contribution in [2.45, 2.75) is 26.2 Å². The average Bonchev–Trinajstić information content (AvgIpc) is 3.14. The van der Waals surface area contributed by atoms with Gasteiger partial charge in [0.15, 0.2) is 5.96 Å². The minimum Gasteiger partial charge on any atom is -0.356 e. The van der Waals surface area contributed by atoms with E-state index in [4.69, 9.17) is 0 Å². The Kier molecular flexibility index (Phi) is 8.96. The molecule has 0 aliphatic rings. The standard InChI is InChI=1S/C15H22N4S2.HI/c1-11(13-5-7-20-10-13)8-19-15(16-3)17-6-4-14-18-9-12(2)21-14;/h5,7,9-11H,4,6,8H2,1-3H3,(H2,16,17,19);1H. The largest absolute Gasteiger partial charge is 0.356 e. The lowest BCUT2D eigenvalue weighted by molar-refractivity contribution is 0.699. The monoisotopic (exact) mass is 450 g/mol. The minimum absolute atomic E-state index is 0. The first-order valence-corrected chi connectivity index (χ1v) is 8.83. The Morgan fingerprint density at radius 3 is 2.82 bits per heavy atom. The predicted molar refractivity (Wildman–Crippen MR) is 108 cm³/mol. The van der Waals surface area contributed by atoms with Crippen molar-refractivity contribution in [1.29, 1.82) is 0 Å². The fourth-order valence-corrected chi connectivity index (χ4v) is 3.52. The van der Waals surface area contributed by atoms with Crippen molar-refractivity contribution in [3.63, 3.8) is 0 Å². The summed E-state index contributed by atoms with van der Waals surface area (Å²) < 4.78 is 0. The number of rotatable bonds is 6. The lowest BCUT2D eigenvalue weighted by Crippen LogP contribution is -2.39. The van der Waals surface area contributed by atoms with E-state index in [1.54, 1.807) is 29.7 Å². The summed E-state index contributed by atoms with van der Waals surface area (Å²) in [6.07, 6.45) is 2.86. The number of nitrogens with zero attached hydrogens (tertiary/aromatic N) is 2. The van der Waals surface area contributed by atoms with Crippen LogP contribution in [0.1, 0.15) is 28.3 Å². The van der Waals surface area contributed by atoms with E-state index in [0.717, 1.165) is 25.5 Å². The molecular weight excluding hydrogens is 427 g/mol. The van der Waals surface area contributed by atoms with Crippen LogP contribution in [0.4, 0.5) is 0 Å². The molecule has 122 valence electrons. The van der Waals surface area contributed by atoms with Crippen molar-refractivity contribution in [1.82, 2.24) is 15.6 Å². The van der Waals surface area contributed by atoms with Gasteiger partial charge in [-0.2, -0.15) is 11.3 Å². The normalized spacial score (nSPS) is 12.6. The Bertz CT molecular complexity index is 566. The number of hydrogen-bond acceptors (Lipinski definition) is 4. The van der Waals surface area contributed by atoms with Gasteiger partial charge in [-0.15, -0.1) is 35.3 Å². The van der Waals surface area contributed by atoms with Crippen molar-refractivity contribution in [2.24, 2.45) is 4.99 Å². The molecule has 0 amide bonds. The van der Waals surface area contributed by atoms with E-state index in [2.05, 4.69) is 51.3 Å². The van der Waals surface area contributed by atoms with Gasteiger partial charge in [0.25, 0.3) is 0 Å². The number of aryl methyl sites for hydroxylation is 1. The van der Waals surface area contributed by atoms with Crippen LogP contribution in [0.5, 0.6) is 0 Å². The topological polar surface area (TPSA) is 49.3 Å². The number of thiophene rings is 1. The highest BCUT2D eigenvalue weighted by Crippen LogP contribution is 2.17. The number of aliphatic imine (C=N–C) groups is 1. The summed E-state index contributed by atoms with van der Waals surface area (Å²) in [5, 5.41) is 12.2. The maximum atomic E-state index is 4.37. The van der Waals surface area contributed by atoms with Crippen LogP contribution in [-0.4, -0.2) is 31.1 Å². The Balaban J connectivity index is 0.00000242. The predicted octanol–water partition coefficient (Wildman–Crippen LogP) is 3.64. The molecule has 0 saturated heterocycles. The van der Waals surface area contributed by atoms with Crippen LogP contribution in [0.15, 0.2) is 28.0 Å².